The highest BCUT2D eigenvalue weighted by Gasteiger charge is 2.22. The van der Waals surface area contributed by atoms with Crippen molar-refractivity contribution in [1.82, 2.24) is 15.1 Å². The van der Waals surface area contributed by atoms with Crippen molar-refractivity contribution in [2.45, 2.75) is 20.3 Å². The van der Waals surface area contributed by atoms with Crippen molar-refractivity contribution >= 4 is 11.8 Å². The Morgan fingerprint density at radius 1 is 1.09 bits per heavy atom. The van der Waals surface area contributed by atoms with Gasteiger partial charge in [-0.15, -0.1) is 0 Å². The number of aryl methyl sites for hydroxylation is 1. The van der Waals surface area contributed by atoms with Crippen LogP contribution in [0.4, 0.5) is 4.79 Å². The van der Waals surface area contributed by atoms with E-state index in [2.05, 4.69) is 10.2 Å². The van der Waals surface area contributed by atoms with Crippen LogP contribution in [-0.4, -0.2) is 60.9 Å². The van der Waals surface area contributed by atoms with Crippen LogP contribution in [0.25, 0.3) is 0 Å². The van der Waals surface area contributed by atoms with E-state index in [1.165, 1.54) is 0 Å². The van der Waals surface area contributed by atoms with E-state index in [4.69, 9.17) is 0 Å². The molecule has 2 rings (SSSR count). The van der Waals surface area contributed by atoms with Gasteiger partial charge in [-0.3, -0.25) is 9.69 Å². The molecule has 0 unspecified atom stereocenters. The first-order valence-corrected chi connectivity index (χ1v) is 7.95. The number of benzene rings is 1. The molecule has 2 amide bonds. The van der Waals surface area contributed by atoms with E-state index in [-0.39, 0.29) is 11.8 Å². The minimum atomic E-state index is 0.00589. The Morgan fingerprint density at radius 2 is 1.73 bits per heavy atom. The van der Waals surface area contributed by atoms with Crippen LogP contribution >= 0.6 is 0 Å². The minimum absolute atomic E-state index is 0.00589. The van der Waals surface area contributed by atoms with Gasteiger partial charge < -0.3 is 10.2 Å². The van der Waals surface area contributed by atoms with Crippen molar-refractivity contribution in [2.24, 2.45) is 0 Å². The molecule has 1 fully saturated rings. The molecule has 0 bridgehead atoms. The largest absolute Gasteiger partial charge is 0.338 e. The maximum Gasteiger partial charge on any atom is 0.317 e. The number of ketones is 1. The summed E-state index contributed by atoms with van der Waals surface area (Å²) < 4.78 is 0. The molecule has 1 saturated heterocycles. The van der Waals surface area contributed by atoms with Gasteiger partial charge in [0, 0.05) is 38.3 Å². The van der Waals surface area contributed by atoms with Crippen LogP contribution in [0.15, 0.2) is 24.3 Å². The first-order chi connectivity index (χ1) is 10.6. The molecule has 0 atom stereocenters. The van der Waals surface area contributed by atoms with Crippen LogP contribution in [0.3, 0.4) is 0 Å². The molecule has 0 radical (unpaired) electrons. The normalized spacial score (nSPS) is 15.6. The second-order valence-electron chi connectivity index (χ2n) is 5.78. The van der Waals surface area contributed by atoms with E-state index < -0.39 is 0 Å². The van der Waals surface area contributed by atoms with Crippen LogP contribution in [0.5, 0.6) is 0 Å². The molecule has 1 aromatic carbocycles. The molecule has 22 heavy (non-hydrogen) atoms. The number of nitrogens with zero attached hydrogens (tertiary/aromatic N) is 2. The maximum absolute atomic E-state index is 12.2. The lowest BCUT2D eigenvalue weighted by Gasteiger charge is -2.34. The Hall–Kier alpha value is -1.88. The number of urea groups is 1. The molecule has 1 N–H and O–H groups in total. The summed E-state index contributed by atoms with van der Waals surface area (Å²) in [5, 5.41) is 2.89. The Morgan fingerprint density at radius 3 is 2.32 bits per heavy atom. The highest BCUT2D eigenvalue weighted by atomic mass is 16.2. The molecule has 5 nitrogen and oxygen atoms in total. The zero-order valence-corrected chi connectivity index (χ0v) is 13.5. The van der Waals surface area contributed by atoms with E-state index in [0.29, 0.717) is 26.2 Å². The summed E-state index contributed by atoms with van der Waals surface area (Å²) in [4.78, 5) is 28.1. The molecule has 0 aliphatic carbocycles. The molecule has 1 heterocycles. The monoisotopic (exact) mass is 303 g/mol. The molecule has 1 aromatic rings. The Labute approximate surface area is 132 Å². The highest BCUT2D eigenvalue weighted by molar-refractivity contribution is 5.97. The lowest BCUT2D eigenvalue weighted by molar-refractivity contribution is 0.0878. The van der Waals surface area contributed by atoms with Gasteiger partial charge in [0.15, 0.2) is 5.78 Å². The van der Waals surface area contributed by atoms with Crippen molar-refractivity contribution < 1.29 is 9.59 Å². The van der Waals surface area contributed by atoms with E-state index in [9.17, 15) is 9.59 Å². The third-order valence-electron chi connectivity index (χ3n) is 3.93. The van der Waals surface area contributed by atoms with Gasteiger partial charge in [0.2, 0.25) is 0 Å². The van der Waals surface area contributed by atoms with Crippen molar-refractivity contribution in [3.8, 4) is 0 Å². The average molecular weight is 303 g/mol. The van der Waals surface area contributed by atoms with Gasteiger partial charge in [0.05, 0.1) is 6.54 Å². The summed E-state index contributed by atoms with van der Waals surface area (Å²) in [6, 6.07) is 7.69. The van der Waals surface area contributed by atoms with Gasteiger partial charge in [0.1, 0.15) is 0 Å². The number of nitrogens with one attached hydrogen (secondary N) is 1. The molecule has 0 aromatic heterocycles. The maximum atomic E-state index is 12.2. The number of rotatable bonds is 5. The minimum Gasteiger partial charge on any atom is -0.338 e. The molecule has 1 aliphatic heterocycles. The fourth-order valence-electron chi connectivity index (χ4n) is 2.49. The van der Waals surface area contributed by atoms with Gasteiger partial charge in [-0.05, 0) is 13.3 Å². The predicted octanol–water partition coefficient (Wildman–Crippen LogP) is 1.91. The van der Waals surface area contributed by atoms with Crippen molar-refractivity contribution in [3.05, 3.63) is 35.4 Å². The quantitative estimate of drug-likeness (QED) is 0.846. The van der Waals surface area contributed by atoms with Gasteiger partial charge >= 0.3 is 6.03 Å². The molecular weight excluding hydrogens is 278 g/mol. The van der Waals surface area contributed by atoms with Gasteiger partial charge in [-0.2, -0.15) is 0 Å². The lowest BCUT2D eigenvalue weighted by atomic mass is 10.1. The summed E-state index contributed by atoms with van der Waals surface area (Å²) in [5.41, 5.74) is 1.91. The molecule has 120 valence electrons. The number of Topliss-reactive ketones (excluding diaryl/α,β-unsaturated/α-hetero) is 1. The summed E-state index contributed by atoms with van der Waals surface area (Å²) in [7, 11) is 0. The van der Waals surface area contributed by atoms with E-state index in [1.54, 1.807) is 0 Å². The Balaban J connectivity index is 1.78. The first-order valence-electron chi connectivity index (χ1n) is 7.95. The highest BCUT2D eigenvalue weighted by Crippen LogP contribution is 2.07. The predicted molar refractivity (Wildman–Crippen MR) is 87.2 cm³/mol. The average Bonchev–Trinajstić information content (AvgIpc) is 2.54. The summed E-state index contributed by atoms with van der Waals surface area (Å²) in [5.74, 6) is 0.142. The summed E-state index contributed by atoms with van der Waals surface area (Å²) in [6.45, 7) is 8.03. The van der Waals surface area contributed by atoms with Crippen LogP contribution in [0.2, 0.25) is 0 Å². The second-order valence-corrected chi connectivity index (χ2v) is 5.78. The number of hydrogen-bond donors (Lipinski definition) is 1. The van der Waals surface area contributed by atoms with Crippen LogP contribution in [-0.2, 0) is 0 Å². The standard InChI is InChI=1S/C17H25N3O2/c1-3-8-18-17(22)20-11-9-19(10-12-20)13-16(21)15-6-4-14(2)5-7-15/h4-7H,3,8-13H2,1-2H3,(H,18,22). The van der Waals surface area contributed by atoms with Gasteiger partial charge in [-0.25, -0.2) is 4.79 Å². The molecular formula is C17H25N3O2. The van der Waals surface area contributed by atoms with Crippen molar-refractivity contribution in [3.63, 3.8) is 0 Å². The van der Waals surface area contributed by atoms with Crippen LogP contribution in [0.1, 0.15) is 29.3 Å². The van der Waals surface area contributed by atoms with Crippen LogP contribution in [0, 0.1) is 6.92 Å². The van der Waals surface area contributed by atoms with Gasteiger partial charge in [-0.1, -0.05) is 36.8 Å². The summed E-state index contributed by atoms with van der Waals surface area (Å²) >= 11 is 0. The molecule has 0 saturated carbocycles. The topological polar surface area (TPSA) is 52.7 Å². The van der Waals surface area contributed by atoms with Crippen molar-refractivity contribution in [2.75, 3.05) is 39.3 Å². The lowest BCUT2D eigenvalue weighted by Crippen LogP contribution is -2.52. The second kappa shape index (κ2) is 7.94. The zero-order chi connectivity index (χ0) is 15.9. The first kappa shape index (κ1) is 16.5. The SMILES string of the molecule is CCCNC(=O)N1CCN(CC(=O)c2ccc(C)cc2)CC1. The third kappa shape index (κ3) is 4.56. The molecule has 0 spiro atoms. The Kier molecular flexibility index (Phi) is 5.95. The van der Waals surface area contributed by atoms with E-state index >= 15 is 0 Å². The summed E-state index contributed by atoms with van der Waals surface area (Å²) in [6.07, 6.45) is 0.941. The van der Waals surface area contributed by atoms with Gasteiger partial charge in [0.25, 0.3) is 0 Å². The number of carbonyl (C=O) groups excluding carboxylic acids is 2. The molecule has 5 heteroatoms. The third-order valence-corrected chi connectivity index (χ3v) is 3.93. The Bertz CT molecular complexity index is 505. The van der Waals surface area contributed by atoms with E-state index in [1.807, 2.05) is 43.0 Å². The number of piperazine rings is 1. The van der Waals surface area contributed by atoms with Crippen molar-refractivity contribution in [1.29, 1.82) is 0 Å². The number of hydrogen-bond acceptors (Lipinski definition) is 3. The zero-order valence-electron chi connectivity index (χ0n) is 13.5. The fourth-order valence-corrected chi connectivity index (χ4v) is 2.49. The van der Waals surface area contributed by atoms with Crippen LogP contribution < -0.4 is 5.32 Å². The van der Waals surface area contributed by atoms with E-state index in [0.717, 1.165) is 30.6 Å². The fraction of sp³-hybridized carbons (Fsp3) is 0.529. The smallest absolute Gasteiger partial charge is 0.317 e. The number of carbonyl (C=O) groups is 2. The number of amides is 2. The molecule has 1 aliphatic rings.